The summed E-state index contributed by atoms with van der Waals surface area (Å²) in [6.07, 6.45) is 0.121. The second kappa shape index (κ2) is 6.85. The molecule has 1 aromatic carbocycles. The van der Waals surface area contributed by atoms with Gasteiger partial charge >= 0.3 is 11.9 Å². The summed E-state index contributed by atoms with van der Waals surface area (Å²) in [4.78, 5) is 38.3. The van der Waals surface area contributed by atoms with E-state index in [0.717, 1.165) is 5.56 Å². The molecule has 0 aliphatic carbocycles. The van der Waals surface area contributed by atoms with E-state index in [2.05, 4.69) is 0 Å². The molecule has 6 nitrogen and oxygen atoms in total. The molecule has 7 heteroatoms. The van der Waals surface area contributed by atoms with Gasteiger partial charge in [0.15, 0.2) is 0 Å². The predicted molar refractivity (Wildman–Crippen MR) is 99.1 cm³/mol. The second-order valence-corrected chi connectivity index (χ2v) is 7.00. The van der Waals surface area contributed by atoms with Crippen LogP contribution in [0, 0.1) is 13.8 Å². The molecule has 0 N–H and O–H groups in total. The van der Waals surface area contributed by atoms with Gasteiger partial charge in [0.2, 0.25) is 11.2 Å². The van der Waals surface area contributed by atoms with Crippen molar-refractivity contribution in [3.05, 3.63) is 57.4 Å². The number of nitrogens with zero attached hydrogens (tertiary/aromatic N) is 1. The van der Waals surface area contributed by atoms with Crippen LogP contribution < -0.4 is 0 Å². The lowest BCUT2D eigenvalue weighted by molar-refractivity contribution is -0.161. The van der Waals surface area contributed by atoms with Crippen LogP contribution in [0.5, 0.6) is 0 Å². The molecule has 0 radical (unpaired) electrons. The summed E-state index contributed by atoms with van der Waals surface area (Å²) in [7, 11) is 2.41. The number of ketones is 1. The third-order valence-corrected chi connectivity index (χ3v) is 5.61. The summed E-state index contributed by atoms with van der Waals surface area (Å²) in [6.45, 7) is 3.92. The zero-order valence-corrected chi connectivity index (χ0v) is 16.3. The van der Waals surface area contributed by atoms with E-state index in [1.165, 1.54) is 14.2 Å². The Morgan fingerprint density at radius 3 is 2.11 bits per heavy atom. The van der Waals surface area contributed by atoms with Gasteiger partial charge < -0.3 is 14.0 Å². The van der Waals surface area contributed by atoms with E-state index in [4.69, 9.17) is 21.1 Å². The number of aryl methyl sites for hydroxylation is 1. The van der Waals surface area contributed by atoms with E-state index in [9.17, 15) is 14.4 Å². The number of benzene rings is 1. The molecule has 142 valence electrons. The van der Waals surface area contributed by atoms with Gasteiger partial charge in [0.25, 0.3) is 0 Å². The Kier molecular flexibility index (Phi) is 4.86. The predicted octanol–water partition coefficient (Wildman–Crippen LogP) is 2.98. The molecule has 0 saturated heterocycles. The summed E-state index contributed by atoms with van der Waals surface area (Å²) in [5, 5.41) is 0.207. The normalized spacial score (nSPS) is 14.6. The summed E-state index contributed by atoms with van der Waals surface area (Å²) in [6, 6.07) is 7.19. The van der Waals surface area contributed by atoms with Crippen LogP contribution in [0.25, 0.3) is 0 Å². The lowest BCUT2D eigenvalue weighted by atomic mass is 9.83. The molecule has 1 aliphatic rings. The van der Waals surface area contributed by atoms with Crippen molar-refractivity contribution in [2.45, 2.75) is 32.2 Å². The fourth-order valence-corrected chi connectivity index (χ4v) is 4.07. The van der Waals surface area contributed by atoms with Crippen LogP contribution in [-0.4, -0.2) is 36.5 Å². The SMILES string of the molecule is COC(=O)C1(C(=O)OC)CCn2c(C(=O)c3ccc(C)cc3)c(C)c(Cl)c21. The molecular weight excluding hydrogens is 370 g/mol. The number of methoxy groups -OCH3 is 2. The van der Waals surface area contributed by atoms with Crippen LogP contribution in [0.1, 0.15) is 39.3 Å². The quantitative estimate of drug-likeness (QED) is 0.456. The van der Waals surface area contributed by atoms with E-state index in [1.54, 1.807) is 23.6 Å². The van der Waals surface area contributed by atoms with E-state index in [1.807, 2.05) is 19.1 Å². The summed E-state index contributed by atoms with van der Waals surface area (Å²) >= 11 is 6.51. The third-order valence-electron chi connectivity index (χ3n) is 5.14. The molecule has 1 aromatic heterocycles. The highest BCUT2D eigenvalue weighted by molar-refractivity contribution is 6.34. The van der Waals surface area contributed by atoms with Gasteiger partial charge in [-0.3, -0.25) is 14.4 Å². The zero-order chi connectivity index (χ0) is 19.9. The first-order valence-corrected chi connectivity index (χ1v) is 8.84. The van der Waals surface area contributed by atoms with Crippen molar-refractivity contribution in [2.24, 2.45) is 0 Å². The Hall–Kier alpha value is -2.60. The van der Waals surface area contributed by atoms with E-state index in [-0.39, 0.29) is 29.5 Å². The molecule has 1 aliphatic heterocycles. The second-order valence-electron chi connectivity index (χ2n) is 6.62. The molecule has 3 rings (SSSR count). The highest BCUT2D eigenvalue weighted by atomic mass is 35.5. The van der Waals surface area contributed by atoms with E-state index < -0.39 is 17.4 Å². The Bertz CT molecular complexity index is 926. The van der Waals surface area contributed by atoms with Gasteiger partial charge in [-0.2, -0.15) is 0 Å². The Balaban J connectivity index is 2.22. The first-order chi connectivity index (χ1) is 12.8. The Morgan fingerprint density at radius 1 is 1.04 bits per heavy atom. The van der Waals surface area contributed by atoms with E-state index >= 15 is 0 Å². The van der Waals surface area contributed by atoms with Gasteiger partial charge in [0.1, 0.15) is 0 Å². The number of carbonyl (C=O) groups is 3. The fraction of sp³-hybridized carbons (Fsp3) is 0.350. The van der Waals surface area contributed by atoms with Crippen molar-refractivity contribution < 1.29 is 23.9 Å². The molecule has 0 spiro atoms. The largest absolute Gasteiger partial charge is 0.468 e. The maximum absolute atomic E-state index is 13.1. The molecule has 0 bridgehead atoms. The number of esters is 2. The first kappa shape index (κ1) is 19.2. The van der Waals surface area contributed by atoms with Crippen LogP contribution in [0.3, 0.4) is 0 Å². The van der Waals surface area contributed by atoms with Crippen molar-refractivity contribution in [3.8, 4) is 0 Å². The number of halogens is 1. The molecule has 2 heterocycles. The topological polar surface area (TPSA) is 74.6 Å². The zero-order valence-electron chi connectivity index (χ0n) is 15.6. The van der Waals surface area contributed by atoms with E-state index in [0.29, 0.717) is 16.8 Å². The van der Waals surface area contributed by atoms with Crippen molar-refractivity contribution in [1.29, 1.82) is 0 Å². The minimum atomic E-state index is -1.67. The highest BCUT2D eigenvalue weighted by Crippen LogP contribution is 2.45. The molecule has 0 amide bonds. The lowest BCUT2D eigenvalue weighted by Crippen LogP contribution is -2.44. The number of hydrogen-bond donors (Lipinski definition) is 0. The monoisotopic (exact) mass is 389 g/mol. The third kappa shape index (κ3) is 2.67. The highest BCUT2D eigenvalue weighted by Gasteiger charge is 2.57. The molecule has 0 atom stereocenters. The lowest BCUT2D eigenvalue weighted by Gasteiger charge is -2.23. The Labute approximate surface area is 162 Å². The van der Waals surface area contributed by atoms with Crippen LogP contribution in [0.15, 0.2) is 24.3 Å². The molecular formula is C20H20ClNO5. The van der Waals surface area contributed by atoms with Crippen molar-refractivity contribution >= 4 is 29.3 Å². The Morgan fingerprint density at radius 2 is 1.59 bits per heavy atom. The van der Waals surface area contributed by atoms with Crippen LogP contribution in [-0.2, 0) is 31.0 Å². The molecule has 27 heavy (non-hydrogen) atoms. The number of carbonyl (C=O) groups excluding carboxylic acids is 3. The van der Waals surface area contributed by atoms with Crippen LogP contribution in [0.2, 0.25) is 5.02 Å². The fourth-order valence-electron chi connectivity index (χ4n) is 3.72. The molecule has 0 saturated carbocycles. The average molecular weight is 390 g/mol. The summed E-state index contributed by atoms with van der Waals surface area (Å²) in [5.74, 6) is -1.71. The van der Waals surface area contributed by atoms with Gasteiger partial charge in [-0.15, -0.1) is 0 Å². The smallest absolute Gasteiger partial charge is 0.329 e. The van der Waals surface area contributed by atoms with Gasteiger partial charge in [-0.05, 0) is 25.8 Å². The summed E-state index contributed by atoms with van der Waals surface area (Å²) in [5.41, 5.74) is 1.03. The van der Waals surface area contributed by atoms with Gasteiger partial charge in [-0.1, -0.05) is 41.4 Å². The van der Waals surface area contributed by atoms with Gasteiger partial charge in [0, 0.05) is 12.1 Å². The van der Waals surface area contributed by atoms with Crippen LogP contribution in [0.4, 0.5) is 0 Å². The minimum absolute atomic E-state index is 0.121. The number of fused-ring (bicyclic) bond motifs is 1. The number of rotatable bonds is 4. The maximum Gasteiger partial charge on any atom is 0.329 e. The van der Waals surface area contributed by atoms with Gasteiger partial charge in [0.05, 0.1) is 30.6 Å². The first-order valence-electron chi connectivity index (χ1n) is 8.46. The molecule has 2 aromatic rings. The van der Waals surface area contributed by atoms with Crippen molar-refractivity contribution in [3.63, 3.8) is 0 Å². The number of aromatic nitrogens is 1. The van der Waals surface area contributed by atoms with Crippen molar-refractivity contribution in [2.75, 3.05) is 14.2 Å². The minimum Gasteiger partial charge on any atom is -0.468 e. The van der Waals surface area contributed by atoms with Crippen molar-refractivity contribution in [1.82, 2.24) is 4.57 Å². The summed E-state index contributed by atoms with van der Waals surface area (Å²) < 4.78 is 11.4. The molecule has 0 fully saturated rings. The molecule has 0 unspecified atom stereocenters. The van der Waals surface area contributed by atoms with Crippen LogP contribution >= 0.6 is 11.6 Å². The van der Waals surface area contributed by atoms with Gasteiger partial charge in [-0.25, -0.2) is 0 Å². The maximum atomic E-state index is 13.1. The average Bonchev–Trinajstić information content (AvgIpc) is 3.18. The number of ether oxygens (including phenoxy) is 2. The standard InChI is InChI=1S/C20H20ClNO5/c1-11-5-7-13(8-6-11)16(23)15-12(2)14(21)17-20(18(24)26-3,19(25)27-4)9-10-22(15)17/h5-8H,9-10H2,1-4H3. The number of hydrogen-bond acceptors (Lipinski definition) is 5.